The van der Waals surface area contributed by atoms with Gasteiger partial charge in [-0.05, 0) is 27.2 Å². The third kappa shape index (κ3) is 8.86. The molecule has 0 aromatic carbocycles. The van der Waals surface area contributed by atoms with Crippen LogP contribution in [0.4, 0.5) is 13.2 Å². The summed E-state index contributed by atoms with van der Waals surface area (Å²) >= 11 is 0. The number of halogens is 3. The Morgan fingerprint density at radius 2 is 1.63 bits per heavy atom. The van der Waals surface area contributed by atoms with Gasteiger partial charge in [-0.15, -0.1) is 0 Å². The maximum absolute atomic E-state index is 12.0. The molecule has 0 aliphatic carbocycles. The molecule has 0 saturated heterocycles. The van der Waals surface area contributed by atoms with Crippen LogP contribution in [0.1, 0.15) is 49.0 Å². The lowest BCUT2D eigenvalue weighted by molar-refractivity contribution is -0.216. The molecule has 0 bridgehead atoms. The summed E-state index contributed by atoms with van der Waals surface area (Å²) in [6, 6.07) is 0. The zero-order valence-corrected chi connectivity index (χ0v) is 10.6. The molecule has 0 aliphatic rings. The van der Waals surface area contributed by atoms with Crippen molar-refractivity contribution < 1.29 is 27.4 Å². The number of ether oxygens (including phenoxy) is 2. The highest BCUT2D eigenvalue weighted by Crippen LogP contribution is 2.23. The number of hydrogen-bond acceptors (Lipinski definition) is 3. The van der Waals surface area contributed by atoms with Gasteiger partial charge in [0.1, 0.15) is 6.61 Å². The standard InChI is InChI=1S/C11H19F3O3.2CH4/c1-5-10(3,4)9(15)17-7-6-16-8(2)11(12,13)14;;/h8H,5-7H2,1-4H3;2*1H4. The number of carbonyl (C=O) groups excluding carboxylic acids is 1. The normalized spacial score (nSPS) is 13.0. The lowest BCUT2D eigenvalue weighted by atomic mass is 9.91. The number of carbonyl (C=O) groups is 1. The van der Waals surface area contributed by atoms with E-state index in [0.717, 1.165) is 6.92 Å². The van der Waals surface area contributed by atoms with E-state index in [4.69, 9.17) is 4.74 Å². The average Bonchev–Trinajstić information content (AvgIpc) is 2.22. The maximum Gasteiger partial charge on any atom is 0.414 e. The highest BCUT2D eigenvalue weighted by Gasteiger charge is 2.36. The lowest BCUT2D eigenvalue weighted by Gasteiger charge is -2.21. The van der Waals surface area contributed by atoms with Gasteiger partial charge in [-0.1, -0.05) is 21.8 Å². The Morgan fingerprint density at radius 1 is 1.16 bits per heavy atom. The van der Waals surface area contributed by atoms with Gasteiger partial charge in [-0.25, -0.2) is 0 Å². The van der Waals surface area contributed by atoms with Crippen molar-refractivity contribution in [3.8, 4) is 0 Å². The van der Waals surface area contributed by atoms with E-state index in [-0.39, 0.29) is 28.1 Å². The summed E-state index contributed by atoms with van der Waals surface area (Å²) < 4.78 is 45.5. The molecular weight excluding hydrogens is 261 g/mol. The van der Waals surface area contributed by atoms with E-state index in [2.05, 4.69) is 4.74 Å². The van der Waals surface area contributed by atoms with Crippen LogP contribution in [-0.4, -0.2) is 31.5 Å². The van der Waals surface area contributed by atoms with Crippen LogP contribution >= 0.6 is 0 Å². The van der Waals surface area contributed by atoms with Crippen molar-refractivity contribution >= 4 is 5.97 Å². The second kappa shape index (κ2) is 9.18. The van der Waals surface area contributed by atoms with Crippen LogP contribution in [0.2, 0.25) is 0 Å². The van der Waals surface area contributed by atoms with Gasteiger partial charge < -0.3 is 9.47 Å². The zero-order chi connectivity index (χ0) is 13.7. The quantitative estimate of drug-likeness (QED) is 0.542. The van der Waals surface area contributed by atoms with Crippen molar-refractivity contribution in [2.45, 2.75) is 61.2 Å². The molecular formula is C13H27F3O3. The van der Waals surface area contributed by atoms with E-state index in [9.17, 15) is 18.0 Å². The van der Waals surface area contributed by atoms with E-state index in [1.165, 1.54) is 0 Å². The molecule has 0 heterocycles. The van der Waals surface area contributed by atoms with Gasteiger partial charge in [0.2, 0.25) is 0 Å². The first-order valence-corrected chi connectivity index (χ1v) is 5.46. The van der Waals surface area contributed by atoms with Crippen LogP contribution in [0, 0.1) is 5.41 Å². The Bertz CT molecular complexity index is 250. The summed E-state index contributed by atoms with van der Waals surface area (Å²) in [5.74, 6) is -0.428. The van der Waals surface area contributed by atoms with Gasteiger partial charge in [-0.2, -0.15) is 13.2 Å². The lowest BCUT2D eigenvalue weighted by Crippen LogP contribution is -2.31. The molecule has 0 fully saturated rings. The third-order valence-corrected chi connectivity index (χ3v) is 2.58. The van der Waals surface area contributed by atoms with Gasteiger partial charge in [-0.3, -0.25) is 4.79 Å². The Kier molecular flexibility index (Phi) is 11.3. The van der Waals surface area contributed by atoms with Crippen LogP contribution < -0.4 is 0 Å². The van der Waals surface area contributed by atoms with Crippen molar-refractivity contribution in [1.29, 1.82) is 0 Å². The van der Waals surface area contributed by atoms with Gasteiger partial charge in [0.05, 0.1) is 12.0 Å². The number of rotatable bonds is 6. The van der Waals surface area contributed by atoms with Gasteiger partial charge in [0.15, 0.2) is 6.10 Å². The molecule has 3 nitrogen and oxygen atoms in total. The zero-order valence-electron chi connectivity index (χ0n) is 10.6. The molecule has 118 valence electrons. The minimum Gasteiger partial charge on any atom is -0.463 e. The maximum atomic E-state index is 12.0. The fourth-order valence-electron chi connectivity index (χ4n) is 0.793. The smallest absolute Gasteiger partial charge is 0.414 e. The van der Waals surface area contributed by atoms with E-state index in [1.54, 1.807) is 13.8 Å². The predicted octanol–water partition coefficient (Wildman–Crippen LogP) is 4.21. The van der Waals surface area contributed by atoms with Crippen LogP contribution in [-0.2, 0) is 14.3 Å². The van der Waals surface area contributed by atoms with Gasteiger partial charge in [0.25, 0.3) is 0 Å². The fraction of sp³-hybridized carbons (Fsp3) is 0.923. The van der Waals surface area contributed by atoms with Crippen LogP contribution in [0.3, 0.4) is 0 Å². The Balaban J connectivity index is -0.00000128. The molecule has 0 aromatic rings. The van der Waals surface area contributed by atoms with Crippen molar-refractivity contribution in [2.75, 3.05) is 13.2 Å². The van der Waals surface area contributed by atoms with Crippen molar-refractivity contribution in [2.24, 2.45) is 5.41 Å². The largest absolute Gasteiger partial charge is 0.463 e. The van der Waals surface area contributed by atoms with E-state index >= 15 is 0 Å². The summed E-state index contributed by atoms with van der Waals surface area (Å²) in [7, 11) is 0. The molecule has 0 N–H and O–H groups in total. The summed E-state index contributed by atoms with van der Waals surface area (Å²) in [6.45, 7) is 5.76. The highest BCUT2D eigenvalue weighted by molar-refractivity contribution is 5.75. The van der Waals surface area contributed by atoms with Crippen molar-refractivity contribution in [1.82, 2.24) is 0 Å². The van der Waals surface area contributed by atoms with Crippen LogP contribution in [0.5, 0.6) is 0 Å². The first-order valence-electron chi connectivity index (χ1n) is 5.46. The van der Waals surface area contributed by atoms with E-state index < -0.39 is 23.7 Å². The molecule has 1 atom stereocenters. The molecule has 0 radical (unpaired) electrons. The molecule has 6 heteroatoms. The van der Waals surface area contributed by atoms with E-state index in [0.29, 0.717) is 6.42 Å². The number of esters is 1. The highest BCUT2D eigenvalue weighted by atomic mass is 19.4. The van der Waals surface area contributed by atoms with Crippen LogP contribution in [0.25, 0.3) is 0 Å². The molecule has 0 rings (SSSR count). The fourth-order valence-corrected chi connectivity index (χ4v) is 0.793. The third-order valence-electron chi connectivity index (χ3n) is 2.58. The Morgan fingerprint density at radius 3 is 2.00 bits per heavy atom. The molecule has 0 saturated carbocycles. The van der Waals surface area contributed by atoms with Crippen molar-refractivity contribution in [3.63, 3.8) is 0 Å². The van der Waals surface area contributed by atoms with Crippen LogP contribution in [0.15, 0.2) is 0 Å². The summed E-state index contributed by atoms with van der Waals surface area (Å²) in [5.41, 5.74) is -0.615. The van der Waals surface area contributed by atoms with Crippen molar-refractivity contribution in [3.05, 3.63) is 0 Å². The monoisotopic (exact) mass is 288 g/mol. The minimum atomic E-state index is -4.38. The molecule has 0 amide bonds. The molecule has 1 unspecified atom stereocenters. The topological polar surface area (TPSA) is 35.5 Å². The Hall–Kier alpha value is -0.780. The second-order valence-electron chi connectivity index (χ2n) is 4.43. The molecule has 0 aromatic heterocycles. The number of alkyl halides is 3. The predicted molar refractivity (Wildman–Crippen MR) is 70.0 cm³/mol. The Labute approximate surface area is 114 Å². The molecule has 19 heavy (non-hydrogen) atoms. The van der Waals surface area contributed by atoms with E-state index in [1.807, 2.05) is 6.92 Å². The summed E-state index contributed by atoms with van der Waals surface area (Å²) in [5, 5.41) is 0. The first-order chi connectivity index (χ1) is 7.61. The average molecular weight is 288 g/mol. The molecule has 0 aliphatic heterocycles. The number of hydrogen-bond donors (Lipinski definition) is 0. The SMILES string of the molecule is C.C.CCC(C)(C)C(=O)OCCOC(C)C(F)(F)F. The molecule has 0 spiro atoms. The second-order valence-corrected chi connectivity index (χ2v) is 4.43. The van der Waals surface area contributed by atoms with Gasteiger partial charge in [0, 0.05) is 0 Å². The van der Waals surface area contributed by atoms with Gasteiger partial charge >= 0.3 is 12.1 Å². The first kappa shape index (κ1) is 23.3. The summed E-state index contributed by atoms with van der Waals surface area (Å²) in [4.78, 5) is 11.4. The summed E-state index contributed by atoms with van der Waals surface area (Å²) in [6.07, 6.45) is -5.63. The minimum absolute atomic E-state index is 0.